The Morgan fingerprint density at radius 1 is 1.29 bits per heavy atom. The molecule has 0 heterocycles. The second-order valence-electron chi connectivity index (χ2n) is 5.50. The zero-order chi connectivity index (χ0) is 15.2. The molecular weight excluding hydrogens is 397 g/mol. The number of aliphatic hydroxyl groups excluding tert-OH is 1. The summed E-state index contributed by atoms with van der Waals surface area (Å²) in [6, 6.07) is 0. The highest BCUT2D eigenvalue weighted by Gasteiger charge is 2.10. The monoisotopic (exact) mass is 431 g/mol. The van der Waals surface area contributed by atoms with Crippen LogP contribution in [0.3, 0.4) is 0 Å². The van der Waals surface area contributed by atoms with Crippen LogP contribution in [0.2, 0.25) is 0 Å². The fraction of sp³-hybridized carbons (Fsp3) is 0.933. The summed E-state index contributed by atoms with van der Waals surface area (Å²) < 4.78 is 0. The maximum absolute atomic E-state index is 9.14. The molecule has 0 saturated carbocycles. The summed E-state index contributed by atoms with van der Waals surface area (Å²) in [4.78, 5) is 4.66. The molecule has 0 aliphatic rings. The third-order valence-electron chi connectivity index (χ3n) is 3.01. The van der Waals surface area contributed by atoms with Gasteiger partial charge in [0.05, 0.1) is 0 Å². The molecule has 0 bridgehead atoms. The lowest BCUT2D eigenvalue weighted by molar-refractivity contribution is 0.245. The topological polar surface area (TPSA) is 56.7 Å². The highest BCUT2D eigenvalue weighted by Crippen LogP contribution is 2.15. The number of aliphatic imine (C=N–C) groups is 1. The minimum atomic E-state index is 0. The number of thioether (sulfide) groups is 1. The predicted molar refractivity (Wildman–Crippen MR) is 107 cm³/mol. The van der Waals surface area contributed by atoms with Gasteiger partial charge < -0.3 is 15.7 Å². The zero-order valence-electron chi connectivity index (χ0n) is 14.0. The lowest BCUT2D eigenvalue weighted by atomic mass is 9.94. The van der Waals surface area contributed by atoms with Gasteiger partial charge in [-0.25, -0.2) is 0 Å². The average molecular weight is 431 g/mol. The standard InChI is InChI=1S/C15H33N3OS.HI/c1-5-16-15(17-8-6-10-20-4)18-12-14(7-9-19)11-13(2)3;/h13-14,19H,5-12H2,1-4H3,(H2,16,17,18);1H. The van der Waals surface area contributed by atoms with E-state index >= 15 is 0 Å². The number of halogens is 1. The average Bonchev–Trinajstić information content (AvgIpc) is 2.40. The molecule has 0 aliphatic heterocycles. The maximum atomic E-state index is 9.14. The van der Waals surface area contributed by atoms with Crippen molar-refractivity contribution < 1.29 is 5.11 Å². The van der Waals surface area contributed by atoms with E-state index < -0.39 is 0 Å². The van der Waals surface area contributed by atoms with Crippen LogP contribution in [0.1, 0.15) is 40.0 Å². The molecule has 3 N–H and O–H groups in total. The van der Waals surface area contributed by atoms with Crippen LogP contribution in [0.25, 0.3) is 0 Å². The lowest BCUT2D eigenvalue weighted by Crippen LogP contribution is -2.38. The van der Waals surface area contributed by atoms with Crippen molar-refractivity contribution in [2.24, 2.45) is 16.8 Å². The summed E-state index contributed by atoms with van der Waals surface area (Å²) in [6.07, 6.45) is 5.24. The maximum Gasteiger partial charge on any atom is 0.191 e. The van der Waals surface area contributed by atoms with E-state index in [-0.39, 0.29) is 30.6 Å². The van der Waals surface area contributed by atoms with Gasteiger partial charge in [0.15, 0.2) is 5.96 Å². The Hall–Kier alpha value is 0.310. The van der Waals surface area contributed by atoms with Gasteiger partial charge in [0.25, 0.3) is 0 Å². The van der Waals surface area contributed by atoms with Crippen molar-refractivity contribution in [1.29, 1.82) is 0 Å². The van der Waals surface area contributed by atoms with Gasteiger partial charge in [0, 0.05) is 26.2 Å². The van der Waals surface area contributed by atoms with E-state index in [1.54, 1.807) is 0 Å². The first-order chi connectivity index (χ1) is 9.63. The minimum Gasteiger partial charge on any atom is -0.396 e. The molecular formula is C15H34IN3OS. The molecule has 4 nitrogen and oxygen atoms in total. The molecule has 0 aromatic rings. The quantitative estimate of drug-likeness (QED) is 0.204. The molecule has 0 spiro atoms. The van der Waals surface area contributed by atoms with Crippen LogP contribution >= 0.6 is 35.7 Å². The Kier molecular flexibility index (Phi) is 18.7. The zero-order valence-corrected chi connectivity index (χ0v) is 17.2. The fourth-order valence-electron chi connectivity index (χ4n) is 2.12. The number of hydrogen-bond donors (Lipinski definition) is 3. The SMILES string of the molecule is CCNC(=NCC(CCO)CC(C)C)NCCCSC.I. The number of hydrogen-bond acceptors (Lipinski definition) is 3. The molecule has 0 rings (SSSR count). The number of rotatable bonds is 11. The summed E-state index contributed by atoms with van der Waals surface area (Å²) in [6.45, 7) is 9.41. The van der Waals surface area contributed by atoms with Crippen LogP contribution in [-0.2, 0) is 0 Å². The fourth-order valence-corrected chi connectivity index (χ4v) is 2.55. The van der Waals surface area contributed by atoms with Gasteiger partial charge in [-0.15, -0.1) is 24.0 Å². The first-order valence-electron chi connectivity index (χ1n) is 7.75. The smallest absolute Gasteiger partial charge is 0.191 e. The molecule has 1 unspecified atom stereocenters. The summed E-state index contributed by atoms with van der Waals surface area (Å²) in [5.74, 6) is 3.20. The van der Waals surface area contributed by atoms with Crippen molar-refractivity contribution in [2.75, 3.05) is 38.2 Å². The Labute approximate surface area is 152 Å². The molecule has 0 saturated heterocycles. The third-order valence-corrected chi connectivity index (χ3v) is 3.71. The van der Waals surface area contributed by atoms with Crippen molar-refractivity contribution in [3.63, 3.8) is 0 Å². The van der Waals surface area contributed by atoms with Crippen molar-refractivity contribution in [3.05, 3.63) is 0 Å². The van der Waals surface area contributed by atoms with Crippen LogP contribution in [0, 0.1) is 11.8 Å². The first kappa shape index (κ1) is 23.6. The molecule has 0 fully saturated rings. The van der Waals surface area contributed by atoms with Crippen LogP contribution in [0.5, 0.6) is 0 Å². The number of nitrogens with one attached hydrogen (secondary N) is 2. The molecule has 21 heavy (non-hydrogen) atoms. The largest absolute Gasteiger partial charge is 0.396 e. The van der Waals surface area contributed by atoms with Crippen LogP contribution in [0.4, 0.5) is 0 Å². The van der Waals surface area contributed by atoms with Gasteiger partial charge in [-0.2, -0.15) is 11.8 Å². The highest BCUT2D eigenvalue weighted by molar-refractivity contribution is 14.0. The third kappa shape index (κ3) is 15.0. The predicted octanol–water partition coefficient (Wildman–Crippen LogP) is 2.96. The van der Waals surface area contributed by atoms with E-state index in [0.717, 1.165) is 44.9 Å². The van der Waals surface area contributed by atoms with Crippen molar-refractivity contribution >= 4 is 41.7 Å². The Balaban J connectivity index is 0. The van der Waals surface area contributed by atoms with Crippen LogP contribution in [0.15, 0.2) is 4.99 Å². The summed E-state index contributed by atoms with van der Waals surface area (Å²) in [5, 5.41) is 15.8. The summed E-state index contributed by atoms with van der Waals surface area (Å²) in [7, 11) is 0. The van der Waals surface area contributed by atoms with Gasteiger partial charge in [-0.1, -0.05) is 13.8 Å². The lowest BCUT2D eigenvalue weighted by Gasteiger charge is -2.17. The van der Waals surface area contributed by atoms with E-state index in [9.17, 15) is 0 Å². The van der Waals surface area contributed by atoms with Crippen LogP contribution < -0.4 is 10.6 Å². The normalized spacial score (nSPS) is 13.0. The van der Waals surface area contributed by atoms with E-state index in [2.05, 4.69) is 42.7 Å². The Bertz CT molecular complexity index is 253. The number of nitrogens with zero attached hydrogens (tertiary/aromatic N) is 1. The van der Waals surface area contributed by atoms with Crippen molar-refractivity contribution in [3.8, 4) is 0 Å². The summed E-state index contributed by atoms with van der Waals surface area (Å²) >= 11 is 1.87. The van der Waals surface area contributed by atoms with Crippen LogP contribution in [-0.4, -0.2) is 49.3 Å². The molecule has 6 heteroatoms. The van der Waals surface area contributed by atoms with Gasteiger partial charge in [0.1, 0.15) is 0 Å². The highest BCUT2D eigenvalue weighted by atomic mass is 127. The minimum absolute atomic E-state index is 0. The first-order valence-corrected chi connectivity index (χ1v) is 9.15. The number of guanidine groups is 1. The molecule has 0 amide bonds. The van der Waals surface area contributed by atoms with Crippen molar-refractivity contribution in [2.45, 2.75) is 40.0 Å². The molecule has 0 aromatic heterocycles. The summed E-state index contributed by atoms with van der Waals surface area (Å²) in [5.41, 5.74) is 0. The Morgan fingerprint density at radius 3 is 2.52 bits per heavy atom. The van der Waals surface area contributed by atoms with E-state index in [1.807, 2.05) is 11.8 Å². The van der Waals surface area contributed by atoms with Gasteiger partial charge in [-0.05, 0) is 50.0 Å². The molecule has 0 radical (unpaired) electrons. The van der Waals surface area contributed by atoms with Crippen molar-refractivity contribution in [1.82, 2.24) is 10.6 Å². The molecule has 0 aromatic carbocycles. The molecule has 128 valence electrons. The van der Waals surface area contributed by atoms with Gasteiger partial charge in [0.2, 0.25) is 0 Å². The molecule has 0 aliphatic carbocycles. The molecule has 1 atom stereocenters. The van der Waals surface area contributed by atoms with Gasteiger partial charge >= 0.3 is 0 Å². The Morgan fingerprint density at radius 2 is 2.00 bits per heavy atom. The second kappa shape index (κ2) is 16.7. The van der Waals surface area contributed by atoms with E-state index in [0.29, 0.717) is 11.8 Å². The van der Waals surface area contributed by atoms with Gasteiger partial charge in [-0.3, -0.25) is 4.99 Å². The number of aliphatic hydroxyl groups is 1. The van der Waals surface area contributed by atoms with E-state index in [1.165, 1.54) is 5.75 Å². The second-order valence-corrected chi connectivity index (χ2v) is 6.49. The van der Waals surface area contributed by atoms with E-state index in [4.69, 9.17) is 5.11 Å².